The van der Waals surface area contributed by atoms with E-state index >= 15 is 0 Å². The molecule has 0 saturated carbocycles. The van der Waals surface area contributed by atoms with E-state index in [2.05, 4.69) is 20.4 Å². The molecule has 1 aromatic heterocycles. The molecule has 0 aliphatic carbocycles. The first-order valence-electron chi connectivity index (χ1n) is 9.69. The molecule has 0 spiro atoms. The summed E-state index contributed by atoms with van der Waals surface area (Å²) in [6.45, 7) is 9.25. The Hall–Kier alpha value is -2.02. The number of esters is 1. The molecular formula is C20H35N3O4. The minimum absolute atomic E-state index is 0.148. The lowest BCUT2D eigenvalue weighted by atomic mass is 9.96. The summed E-state index contributed by atoms with van der Waals surface area (Å²) in [4.78, 5) is 15.6. The van der Waals surface area contributed by atoms with Crippen LogP contribution in [-0.4, -0.2) is 43.8 Å². The fourth-order valence-electron chi connectivity index (χ4n) is 2.88. The van der Waals surface area contributed by atoms with Crippen LogP contribution in [0.25, 0.3) is 0 Å². The summed E-state index contributed by atoms with van der Waals surface area (Å²) in [5.41, 5.74) is -0.317. The molecule has 0 saturated heterocycles. The highest BCUT2D eigenvalue weighted by Gasteiger charge is 2.27. The predicted molar refractivity (Wildman–Crippen MR) is 107 cm³/mol. The monoisotopic (exact) mass is 381 g/mol. The molecule has 0 amide bonds. The van der Waals surface area contributed by atoms with Crippen molar-refractivity contribution in [2.75, 3.05) is 26.7 Å². The number of aliphatic hydroxyl groups is 1. The first-order chi connectivity index (χ1) is 12.8. The molecule has 1 atom stereocenters. The van der Waals surface area contributed by atoms with Gasteiger partial charge in [0.2, 0.25) is 0 Å². The normalized spacial score (nSPS) is 13.9. The number of rotatable bonds is 11. The Labute approximate surface area is 162 Å². The van der Waals surface area contributed by atoms with Crippen molar-refractivity contribution in [3.63, 3.8) is 0 Å². The lowest BCUT2D eigenvalue weighted by Crippen LogP contribution is -2.39. The quantitative estimate of drug-likeness (QED) is 0.236. The van der Waals surface area contributed by atoms with Crippen LogP contribution in [0.1, 0.15) is 63.0 Å². The Balaban J connectivity index is 2.43. The van der Waals surface area contributed by atoms with Crippen molar-refractivity contribution in [2.45, 2.75) is 65.4 Å². The molecule has 1 heterocycles. The van der Waals surface area contributed by atoms with Crippen LogP contribution in [0.3, 0.4) is 0 Å². The molecule has 1 unspecified atom stereocenters. The number of carbonyl (C=O) groups is 1. The van der Waals surface area contributed by atoms with E-state index in [4.69, 9.17) is 4.42 Å². The van der Waals surface area contributed by atoms with E-state index in [-0.39, 0.29) is 12.5 Å². The smallest absolute Gasteiger partial charge is 0.305 e. The number of unbranched alkanes of at least 4 members (excludes halogenated alkanes) is 3. The van der Waals surface area contributed by atoms with Gasteiger partial charge in [-0.25, -0.2) is 4.99 Å². The zero-order valence-electron chi connectivity index (χ0n) is 17.4. The number of guanidine groups is 1. The van der Waals surface area contributed by atoms with Crippen molar-refractivity contribution in [1.82, 2.24) is 10.6 Å². The summed E-state index contributed by atoms with van der Waals surface area (Å²) < 4.78 is 10.1. The van der Waals surface area contributed by atoms with Crippen LogP contribution in [0.4, 0.5) is 0 Å². The highest BCUT2D eigenvalue weighted by atomic mass is 16.5. The van der Waals surface area contributed by atoms with Gasteiger partial charge in [0.1, 0.15) is 17.1 Å². The summed E-state index contributed by atoms with van der Waals surface area (Å²) in [7, 11) is 1.42. The maximum absolute atomic E-state index is 11.1. The summed E-state index contributed by atoms with van der Waals surface area (Å²) in [5.74, 6) is 2.04. The maximum Gasteiger partial charge on any atom is 0.305 e. The molecule has 0 bridgehead atoms. The standard InChI is InChI=1S/C20H35N3O4/c1-6-21-19(22-12-10-8-7-9-11-18(24)26-5)23-14-20(4,25)17-13-15(2)27-16(17)3/h13,25H,6-12,14H2,1-5H3,(H2,21,22,23). The average molecular weight is 382 g/mol. The number of hydrogen-bond donors (Lipinski definition) is 3. The van der Waals surface area contributed by atoms with E-state index in [0.29, 0.717) is 12.4 Å². The number of ether oxygens (including phenoxy) is 1. The minimum Gasteiger partial charge on any atom is -0.469 e. The average Bonchev–Trinajstić information content (AvgIpc) is 2.97. The summed E-state index contributed by atoms with van der Waals surface area (Å²) in [6.07, 6.45) is 4.36. The summed E-state index contributed by atoms with van der Waals surface area (Å²) in [6, 6.07) is 1.86. The highest BCUT2D eigenvalue weighted by Crippen LogP contribution is 2.27. The Morgan fingerprint density at radius 3 is 2.56 bits per heavy atom. The molecule has 7 heteroatoms. The van der Waals surface area contributed by atoms with Gasteiger partial charge in [0, 0.05) is 25.1 Å². The largest absolute Gasteiger partial charge is 0.469 e. The molecule has 0 fully saturated rings. The molecule has 0 aliphatic heterocycles. The second-order valence-corrected chi connectivity index (χ2v) is 6.96. The Morgan fingerprint density at radius 2 is 1.96 bits per heavy atom. The molecule has 0 radical (unpaired) electrons. The van der Waals surface area contributed by atoms with E-state index in [1.165, 1.54) is 7.11 Å². The van der Waals surface area contributed by atoms with E-state index in [9.17, 15) is 9.90 Å². The third kappa shape index (κ3) is 8.47. The number of hydrogen-bond acceptors (Lipinski definition) is 5. The first-order valence-corrected chi connectivity index (χ1v) is 9.69. The van der Waals surface area contributed by atoms with Crippen LogP contribution in [0.2, 0.25) is 0 Å². The Bertz CT molecular complexity index is 608. The highest BCUT2D eigenvalue weighted by molar-refractivity contribution is 5.79. The van der Waals surface area contributed by atoms with Crippen LogP contribution in [0.15, 0.2) is 15.5 Å². The van der Waals surface area contributed by atoms with Crippen molar-refractivity contribution in [3.05, 3.63) is 23.2 Å². The predicted octanol–water partition coefficient (Wildman–Crippen LogP) is 2.78. The summed E-state index contributed by atoms with van der Waals surface area (Å²) >= 11 is 0. The molecule has 154 valence electrons. The second-order valence-electron chi connectivity index (χ2n) is 6.96. The lowest BCUT2D eigenvalue weighted by Gasteiger charge is -2.21. The summed E-state index contributed by atoms with van der Waals surface area (Å²) in [5, 5.41) is 17.3. The van der Waals surface area contributed by atoms with Crippen LogP contribution in [0.5, 0.6) is 0 Å². The number of aliphatic imine (C=N–C) groups is 1. The minimum atomic E-state index is -1.09. The van der Waals surface area contributed by atoms with E-state index < -0.39 is 5.60 Å². The molecule has 7 nitrogen and oxygen atoms in total. The number of nitrogens with zero attached hydrogens (tertiary/aromatic N) is 1. The zero-order valence-corrected chi connectivity index (χ0v) is 17.4. The van der Waals surface area contributed by atoms with Gasteiger partial charge in [0.15, 0.2) is 5.96 Å². The van der Waals surface area contributed by atoms with Gasteiger partial charge >= 0.3 is 5.97 Å². The van der Waals surface area contributed by atoms with Crippen molar-refractivity contribution in [2.24, 2.45) is 4.99 Å². The number of aryl methyl sites for hydroxylation is 2. The number of furan rings is 1. The van der Waals surface area contributed by atoms with E-state index in [1.54, 1.807) is 6.92 Å². The second kappa shape index (κ2) is 11.6. The Morgan fingerprint density at radius 1 is 1.26 bits per heavy atom. The van der Waals surface area contributed by atoms with Gasteiger partial charge in [-0.1, -0.05) is 12.8 Å². The maximum atomic E-state index is 11.1. The fraction of sp³-hybridized carbons (Fsp3) is 0.700. The third-order valence-corrected chi connectivity index (χ3v) is 4.34. The zero-order chi connectivity index (χ0) is 20.3. The van der Waals surface area contributed by atoms with Crippen LogP contribution in [-0.2, 0) is 15.1 Å². The van der Waals surface area contributed by atoms with E-state index in [1.807, 2.05) is 26.8 Å². The fourth-order valence-corrected chi connectivity index (χ4v) is 2.88. The van der Waals surface area contributed by atoms with E-state index in [0.717, 1.165) is 55.9 Å². The van der Waals surface area contributed by atoms with Gasteiger partial charge in [-0.15, -0.1) is 0 Å². The number of carbonyl (C=O) groups excluding carboxylic acids is 1. The van der Waals surface area contributed by atoms with Crippen LogP contribution >= 0.6 is 0 Å². The molecule has 3 N–H and O–H groups in total. The SMILES string of the molecule is CCNC(=NCC(C)(O)c1cc(C)oc1C)NCCCCCCC(=O)OC. The molecule has 0 aromatic carbocycles. The lowest BCUT2D eigenvalue weighted by molar-refractivity contribution is -0.140. The van der Waals surface area contributed by atoms with Crippen molar-refractivity contribution in [1.29, 1.82) is 0 Å². The molecule has 0 aliphatic rings. The van der Waals surface area contributed by atoms with Crippen LogP contribution < -0.4 is 10.6 Å². The van der Waals surface area contributed by atoms with Gasteiger partial charge in [-0.05, 0) is 46.6 Å². The van der Waals surface area contributed by atoms with Gasteiger partial charge in [-0.3, -0.25) is 4.79 Å². The van der Waals surface area contributed by atoms with Gasteiger partial charge < -0.3 is 24.9 Å². The molecule has 27 heavy (non-hydrogen) atoms. The van der Waals surface area contributed by atoms with Gasteiger partial charge in [0.25, 0.3) is 0 Å². The van der Waals surface area contributed by atoms with Gasteiger partial charge in [-0.2, -0.15) is 0 Å². The third-order valence-electron chi connectivity index (χ3n) is 4.34. The van der Waals surface area contributed by atoms with Crippen molar-refractivity contribution < 1.29 is 19.1 Å². The molecule has 1 aromatic rings. The molecular weight excluding hydrogens is 346 g/mol. The van der Waals surface area contributed by atoms with Crippen molar-refractivity contribution in [3.8, 4) is 0 Å². The van der Waals surface area contributed by atoms with Gasteiger partial charge in [0.05, 0.1) is 13.7 Å². The van der Waals surface area contributed by atoms with Crippen molar-refractivity contribution >= 4 is 11.9 Å². The number of methoxy groups -OCH3 is 1. The topological polar surface area (TPSA) is 96.1 Å². The number of nitrogens with one attached hydrogen (secondary N) is 2. The molecule has 1 rings (SSSR count). The van der Waals surface area contributed by atoms with Crippen LogP contribution in [0, 0.1) is 13.8 Å². The first kappa shape index (κ1) is 23.0. The Kier molecular flexibility index (Phi) is 9.93.